The highest BCUT2D eigenvalue weighted by Crippen LogP contribution is 2.36. The van der Waals surface area contributed by atoms with Gasteiger partial charge in [0.25, 0.3) is 0 Å². The van der Waals surface area contributed by atoms with E-state index in [1.807, 2.05) is 41.5 Å². The molecule has 1 amide bonds. The molecule has 0 bridgehead atoms. The van der Waals surface area contributed by atoms with Gasteiger partial charge in [0.05, 0.1) is 16.9 Å². The molecular weight excluding hydrogens is 324 g/mol. The van der Waals surface area contributed by atoms with Gasteiger partial charge in [-0.25, -0.2) is 9.18 Å². The Bertz CT molecular complexity index is 632. The zero-order valence-electron chi connectivity index (χ0n) is 15.8. The topological polar surface area (TPSA) is 59.0 Å². The number of benzene rings is 1. The summed E-state index contributed by atoms with van der Waals surface area (Å²) in [4.78, 5) is 12.5. The SMILES string of the molecule is CC(C)CCN(C(=O)O)c1ccc(B2OC(C)(C)C(C)(C)O2)cc1F. The van der Waals surface area contributed by atoms with Gasteiger partial charge in [-0.3, -0.25) is 4.90 Å². The molecule has 1 heterocycles. The molecule has 1 aromatic carbocycles. The lowest BCUT2D eigenvalue weighted by Crippen LogP contribution is -2.41. The van der Waals surface area contributed by atoms with Crippen LogP contribution in [0.4, 0.5) is 14.9 Å². The summed E-state index contributed by atoms with van der Waals surface area (Å²) in [5.41, 5.74) is -0.448. The molecule has 0 saturated carbocycles. The summed E-state index contributed by atoms with van der Waals surface area (Å²) < 4.78 is 26.4. The van der Waals surface area contributed by atoms with Gasteiger partial charge in [0.2, 0.25) is 0 Å². The highest BCUT2D eigenvalue weighted by Gasteiger charge is 2.51. The van der Waals surface area contributed by atoms with Crippen molar-refractivity contribution in [2.75, 3.05) is 11.4 Å². The zero-order valence-corrected chi connectivity index (χ0v) is 15.8. The number of carboxylic acid groups (broad SMARTS) is 1. The maximum absolute atomic E-state index is 14.6. The van der Waals surface area contributed by atoms with E-state index >= 15 is 0 Å². The molecule has 2 rings (SSSR count). The van der Waals surface area contributed by atoms with Crippen LogP contribution in [0.1, 0.15) is 48.0 Å². The summed E-state index contributed by atoms with van der Waals surface area (Å²) in [5, 5.41) is 9.39. The first-order chi connectivity index (χ1) is 11.4. The molecule has 1 aromatic rings. The van der Waals surface area contributed by atoms with Gasteiger partial charge >= 0.3 is 13.2 Å². The summed E-state index contributed by atoms with van der Waals surface area (Å²) in [6, 6.07) is 4.43. The molecule has 0 aromatic heterocycles. The number of amides is 1. The third-order valence-electron chi connectivity index (χ3n) is 4.95. The zero-order chi connectivity index (χ0) is 19.0. The maximum Gasteiger partial charge on any atom is 0.494 e. The van der Waals surface area contributed by atoms with E-state index in [-0.39, 0.29) is 12.2 Å². The molecule has 1 N–H and O–H groups in total. The van der Waals surface area contributed by atoms with Crippen molar-refractivity contribution in [2.45, 2.75) is 59.2 Å². The predicted octanol–water partition coefficient (Wildman–Crippen LogP) is 3.66. The Hall–Kier alpha value is -1.60. The summed E-state index contributed by atoms with van der Waals surface area (Å²) in [6.45, 7) is 12.0. The van der Waals surface area contributed by atoms with Crippen LogP contribution in [-0.2, 0) is 9.31 Å². The quantitative estimate of drug-likeness (QED) is 0.823. The Morgan fingerprint density at radius 3 is 2.24 bits per heavy atom. The minimum absolute atomic E-state index is 0.0495. The van der Waals surface area contributed by atoms with Crippen molar-refractivity contribution in [1.29, 1.82) is 0 Å². The van der Waals surface area contributed by atoms with Crippen LogP contribution in [0.25, 0.3) is 0 Å². The van der Waals surface area contributed by atoms with Crippen molar-refractivity contribution in [3.63, 3.8) is 0 Å². The lowest BCUT2D eigenvalue weighted by molar-refractivity contribution is 0.00578. The van der Waals surface area contributed by atoms with Crippen molar-refractivity contribution in [2.24, 2.45) is 5.92 Å². The third-order valence-corrected chi connectivity index (χ3v) is 4.95. The van der Waals surface area contributed by atoms with Crippen LogP contribution < -0.4 is 10.4 Å². The van der Waals surface area contributed by atoms with Crippen LogP contribution in [0.2, 0.25) is 0 Å². The molecule has 1 aliphatic heterocycles. The van der Waals surface area contributed by atoms with Crippen molar-refractivity contribution >= 4 is 24.4 Å². The van der Waals surface area contributed by atoms with Crippen LogP contribution in [0.5, 0.6) is 0 Å². The molecule has 138 valence electrons. The first kappa shape index (κ1) is 19.7. The molecule has 25 heavy (non-hydrogen) atoms. The first-order valence-corrected chi connectivity index (χ1v) is 8.60. The largest absolute Gasteiger partial charge is 0.494 e. The number of halogens is 1. The van der Waals surface area contributed by atoms with Crippen LogP contribution in [-0.4, -0.2) is 36.1 Å². The summed E-state index contributed by atoms with van der Waals surface area (Å²) >= 11 is 0. The monoisotopic (exact) mass is 351 g/mol. The summed E-state index contributed by atoms with van der Waals surface area (Å²) in [7, 11) is -0.678. The van der Waals surface area contributed by atoms with E-state index in [1.54, 1.807) is 6.07 Å². The molecule has 1 saturated heterocycles. The summed E-state index contributed by atoms with van der Waals surface area (Å²) in [5.74, 6) is -0.271. The van der Waals surface area contributed by atoms with E-state index in [2.05, 4.69) is 0 Å². The van der Waals surface area contributed by atoms with E-state index in [0.29, 0.717) is 17.8 Å². The minimum atomic E-state index is -1.16. The second-order valence-electron chi connectivity index (χ2n) is 7.92. The van der Waals surface area contributed by atoms with Crippen molar-refractivity contribution < 1.29 is 23.6 Å². The average molecular weight is 351 g/mol. The van der Waals surface area contributed by atoms with Crippen molar-refractivity contribution in [3.8, 4) is 0 Å². The number of nitrogens with zero attached hydrogens (tertiary/aromatic N) is 1. The first-order valence-electron chi connectivity index (χ1n) is 8.60. The minimum Gasteiger partial charge on any atom is -0.465 e. The van der Waals surface area contributed by atoms with Crippen molar-refractivity contribution in [1.82, 2.24) is 0 Å². The van der Waals surface area contributed by atoms with E-state index in [0.717, 1.165) is 4.90 Å². The molecular formula is C18H27BFNO4. The van der Waals surface area contributed by atoms with Crippen LogP contribution in [0.3, 0.4) is 0 Å². The lowest BCUT2D eigenvalue weighted by Gasteiger charge is -2.32. The lowest BCUT2D eigenvalue weighted by atomic mass is 9.79. The van der Waals surface area contributed by atoms with Gasteiger partial charge in [0.15, 0.2) is 0 Å². The number of hydrogen-bond donors (Lipinski definition) is 1. The predicted molar refractivity (Wildman–Crippen MR) is 96.9 cm³/mol. The van der Waals surface area contributed by atoms with Gasteiger partial charge in [-0.1, -0.05) is 19.9 Å². The molecule has 5 nitrogen and oxygen atoms in total. The molecule has 0 atom stereocenters. The number of hydrogen-bond acceptors (Lipinski definition) is 3. The maximum atomic E-state index is 14.6. The number of anilines is 1. The Kier molecular flexibility index (Phi) is 5.49. The van der Waals surface area contributed by atoms with Crippen LogP contribution >= 0.6 is 0 Å². The Balaban J connectivity index is 2.24. The molecule has 0 unspecified atom stereocenters. The van der Waals surface area contributed by atoms with Crippen molar-refractivity contribution in [3.05, 3.63) is 24.0 Å². The van der Waals surface area contributed by atoms with E-state index in [1.165, 1.54) is 12.1 Å². The third kappa shape index (κ3) is 4.15. The smallest absolute Gasteiger partial charge is 0.465 e. The Morgan fingerprint density at radius 1 is 1.24 bits per heavy atom. The molecule has 0 aliphatic carbocycles. The standard InChI is InChI=1S/C18H27BFNO4/c1-12(2)9-10-21(16(22)23)15-8-7-13(11-14(15)20)19-24-17(3,4)18(5,6)25-19/h7-8,11-12H,9-10H2,1-6H3,(H,22,23). The van der Waals surface area contributed by atoms with E-state index < -0.39 is 30.2 Å². The van der Waals surface area contributed by atoms with Crippen LogP contribution in [0, 0.1) is 11.7 Å². The normalized spacial score (nSPS) is 18.6. The van der Waals surface area contributed by atoms with Gasteiger partial charge in [-0.2, -0.15) is 0 Å². The second-order valence-corrected chi connectivity index (χ2v) is 7.92. The molecule has 0 radical (unpaired) electrons. The van der Waals surface area contributed by atoms with Gasteiger partial charge in [-0.15, -0.1) is 0 Å². The fourth-order valence-corrected chi connectivity index (χ4v) is 2.57. The Morgan fingerprint density at radius 2 is 1.80 bits per heavy atom. The van der Waals surface area contributed by atoms with Gasteiger partial charge in [0.1, 0.15) is 5.82 Å². The molecule has 0 spiro atoms. The van der Waals surface area contributed by atoms with Gasteiger partial charge < -0.3 is 14.4 Å². The second kappa shape index (κ2) is 6.96. The molecule has 1 aliphatic rings. The highest BCUT2D eigenvalue weighted by molar-refractivity contribution is 6.62. The highest BCUT2D eigenvalue weighted by atomic mass is 19.1. The summed E-state index contributed by atoms with van der Waals surface area (Å²) in [6.07, 6.45) is -0.506. The van der Waals surface area contributed by atoms with Gasteiger partial charge in [0, 0.05) is 6.54 Å². The van der Waals surface area contributed by atoms with Gasteiger partial charge in [-0.05, 0) is 57.6 Å². The average Bonchev–Trinajstić information content (AvgIpc) is 2.68. The number of carbonyl (C=O) groups is 1. The number of rotatable bonds is 5. The van der Waals surface area contributed by atoms with E-state index in [4.69, 9.17) is 9.31 Å². The molecule has 7 heteroatoms. The fraction of sp³-hybridized carbons (Fsp3) is 0.611. The fourth-order valence-electron chi connectivity index (χ4n) is 2.57. The molecule has 1 fully saturated rings. The van der Waals surface area contributed by atoms with Crippen LogP contribution in [0.15, 0.2) is 18.2 Å². The van der Waals surface area contributed by atoms with E-state index in [9.17, 15) is 14.3 Å². The Labute approximate surface area is 149 Å².